The lowest BCUT2D eigenvalue weighted by molar-refractivity contribution is -0.384. The largest absolute Gasteiger partial charge is 0.434 e. The molecule has 0 saturated heterocycles. The van der Waals surface area contributed by atoms with Crippen molar-refractivity contribution in [1.82, 2.24) is 0 Å². The van der Waals surface area contributed by atoms with Crippen LogP contribution in [0, 0.1) is 20.2 Å². The molecule has 0 aromatic heterocycles. The molecule has 29 heavy (non-hydrogen) atoms. The number of non-ortho nitro benzene ring substituents is 1. The van der Waals surface area contributed by atoms with E-state index in [2.05, 4.69) is 15.3 Å². The van der Waals surface area contributed by atoms with Gasteiger partial charge in [-0.25, -0.2) is 0 Å². The first kappa shape index (κ1) is 21.5. The lowest BCUT2D eigenvalue weighted by Gasteiger charge is -2.09. The second kappa shape index (κ2) is 8.45. The standard InChI is InChI=1S/C15H9F5N4O5/c16-14(17)29-13-4-2-10(23(25)26)5-8(13)7-21-22-11-3-1-9(15(18,19)20)6-12(11)24(27)28/h1-7,14,22H/b21-7+. The highest BCUT2D eigenvalue weighted by Gasteiger charge is 2.33. The van der Waals surface area contributed by atoms with Crippen molar-refractivity contribution in [2.45, 2.75) is 12.8 Å². The number of benzene rings is 2. The fraction of sp³-hybridized carbons (Fsp3) is 0.133. The summed E-state index contributed by atoms with van der Waals surface area (Å²) >= 11 is 0. The summed E-state index contributed by atoms with van der Waals surface area (Å²) in [6.07, 6.45) is -4.02. The van der Waals surface area contributed by atoms with Gasteiger partial charge in [0, 0.05) is 23.8 Å². The van der Waals surface area contributed by atoms with E-state index in [9.17, 15) is 42.2 Å². The highest BCUT2D eigenvalue weighted by Crippen LogP contribution is 2.35. The first-order valence-electron chi connectivity index (χ1n) is 7.37. The van der Waals surface area contributed by atoms with Crippen molar-refractivity contribution in [2.24, 2.45) is 5.10 Å². The second-order valence-corrected chi connectivity index (χ2v) is 5.21. The van der Waals surface area contributed by atoms with Crippen molar-refractivity contribution < 1.29 is 36.5 Å². The lowest BCUT2D eigenvalue weighted by atomic mass is 10.1. The van der Waals surface area contributed by atoms with Crippen LogP contribution >= 0.6 is 0 Å². The van der Waals surface area contributed by atoms with Crippen molar-refractivity contribution in [1.29, 1.82) is 0 Å². The van der Waals surface area contributed by atoms with Crippen molar-refractivity contribution >= 4 is 23.3 Å². The minimum absolute atomic E-state index is 0.276. The van der Waals surface area contributed by atoms with Crippen LogP contribution < -0.4 is 10.2 Å². The Labute approximate surface area is 157 Å². The second-order valence-electron chi connectivity index (χ2n) is 5.21. The molecule has 2 aromatic carbocycles. The van der Waals surface area contributed by atoms with Crippen molar-refractivity contribution in [3.05, 3.63) is 67.8 Å². The molecule has 0 saturated carbocycles. The Bertz CT molecular complexity index is 965. The normalized spacial score (nSPS) is 11.7. The Kier molecular flexibility index (Phi) is 6.25. The number of hydrogen-bond acceptors (Lipinski definition) is 7. The number of anilines is 1. The zero-order valence-corrected chi connectivity index (χ0v) is 13.9. The smallest absolute Gasteiger partial charge is 0.416 e. The lowest BCUT2D eigenvalue weighted by Crippen LogP contribution is -2.07. The fourth-order valence-corrected chi connectivity index (χ4v) is 2.08. The maximum Gasteiger partial charge on any atom is 0.416 e. The summed E-state index contributed by atoms with van der Waals surface area (Å²) in [4.78, 5) is 19.9. The maximum absolute atomic E-state index is 12.7. The van der Waals surface area contributed by atoms with Crippen LogP contribution in [0.25, 0.3) is 0 Å². The van der Waals surface area contributed by atoms with Crippen LogP contribution in [0.15, 0.2) is 41.5 Å². The molecule has 14 heteroatoms. The van der Waals surface area contributed by atoms with Crippen molar-refractivity contribution in [3.8, 4) is 5.75 Å². The average Bonchev–Trinajstić information content (AvgIpc) is 2.61. The van der Waals surface area contributed by atoms with Gasteiger partial charge in [0.15, 0.2) is 0 Å². The molecule has 0 spiro atoms. The van der Waals surface area contributed by atoms with Crippen LogP contribution in [0.3, 0.4) is 0 Å². The van der Waals surface area contributed by atoms with Crippen LogP contribution in [0.5, 0.6) is 5.75 Å². The predicted octanol–water partition coefficient (Wildman–Crippen LogP) is 4.57. The molecule has 2 aromatic rings. The van der Waals surface area contributed by atoms with E-state index in [1.807, 2.05) is 0 Å². The minimum Gasteiger partial charge on any atom is -0.434 e. The molecule has 0 aliphatic rings. The molecule has 0 unspecified atom stereocenters. The van der Waals surface area contributed by atoms with Crippen LogP contribution in [0.4, 0.5) is 39.0 Å². The van der Waals surface area contributed by atoms with Gasteiger partial charge in [-0.3, -0.25) is 25.7 Å². The van der Waals surface area contributed by atoms with E-state index < -0.39 is 51.0 Å². The third-order valence-electron chi connectivity index (χ3n) is 3.33. The maximum atomic E-state index is 12.7. The van der Waals surface area contributed by atoms with Gasteiger partial charge >= 0.3 is 12.8 Å². The number of hydrazone groups is 1. The predicted molar refractivity (Wildman–Crippen MR) is 89.0 cm³/mol. The number of nitro benzene ring substituents is 2. The highest BCUT2D eigenvalue weighted by atomic mass is 19.4. The van der Waals surface area contributed by atoms with Gasteiger partial charge in [0.25, 0.3) is 11.4 Å². The van der Waals surface area contributed by atoms with Gasteiger partial charge in [-0.05, 0) is 18.2 Å². The van der Waals surface area contributed by atoms with Crippen LogP contribution in [-0.4, -0.2) is 22.7 Å². The molecule has 0 radical (unpaired) electrons. The first-order chi connectivity index (χ1) is 13.5. The molecule has 2 rings (SSSR count). The molecular formula is C15H9F5N4O5. The Morgan fingerprint density at radius 3 is 2.31 bits per heavy atom. The minimum atomic E-state index is -4.81. The van der Waals surface area contributed by atoms with E-state index >= 15 is 0 Å². The van der Waals surface area contributed by atoms with E-state index in [4.69, 9.17) is 0 Å². The summed E-state index contributed by atoms with van der Waals surface area (Å²) in [5.74, 6) is -0.474. The number of nitrogens with one attached hydrogen (secondary N) is 1. The van der Waals surface area contributed by atoms with Gasteiger partial charge in [0.1, 0.15) is 11.4 Å². The molecule has 0 amide bonds. The SMILES string of the molecule is O=[N+]([O-])c1ccc(OC(F)F)c(/C=N/Nc2ccc(C(F)(F)F)cc2[N+](=O)[O-])c1. The molecular weight excluding hydrogens is 411 g/mol. The molecule has 0 atom stereocenters. The number of nitro groups is 2. The molecule has 1 N–H and O–H groups in total. The number of nitrogens with zero attached hydrogens (tertiary/aromatic N) is 3. The number of alkyl halides is 5. The van der Waals surface area contributed by atoms with Gasteiger partial charge < -0.3 is 4.74 Å². The van der Waals surface area contributed by atoms with Crippen LogP contribution in [0.2, 0.25) is 0 Å². The first-order valence-corrected chi connectivity index (χ1v) is 7.37. The van der Waals surface area contributed by atoms with Gasteiger partial charge in [-0.1, -0.05) is 0 Å². The molecule has 0 fully saturated rings. The zero-order valence-electron chi connectivity index (χ0n) is 13.9. The Morgan fingerprint density at radius 2 is 1.76 bits per heavy atom. The molecule has 0 heterocycles. The van der Waals surface area contributed by atoms with Gasteiger partial charge in [-0.2, -0.15) is 27.1 Å². The van der Waals surface area contributed by atoms with E-state index in [-0.39, 0.29) is 11.6 Å². The van der Waals surface area contributed by atoms with E-state index in [0.717, 1.165) is 30.5 Å². The molecule has 0 aliphatic heterocycles. The quantitative estimate of drug-likeness (QED) is 0.303. The Balaban J connectivity index is 2.34. The van der Waals surface area contributed by atoms with E-state index in [0.29, 0.717) is 6.07 Å². The van der Waals surface area contributed by atoms with Gasteiger partial charge in [-0.15, -0.1) is 0 Å². The summed E-state index contributed by atoms with van der Waals surface area (Å²) in [7, 11) is 0. The number of hydrogen-bond donors (Lipinski definition) is 1. The topological polar surface area (TPSA) is 120 Å². The summed E-state index contributed by atoms with van der Waals surface area (Å²) in [6.45, 7) is -3.24. The van der Waals surface area contributed by atoms with Crippen molar-refractivity contribution in [2.75, 3.05) is 5.43 Å². The Hall–Kier alpha value is -3.84. The van der Waals surface area contributed by atoms with Crippen molar-refractivity contribution in [3.63, 3.8) is 0 Å². The summed E-state index contributed by atoms with van der Waals surface area (Å²) < 4.78 is 67.1. The third kappa shape index (κ3) is 5.57. The highest BCUT2D eigenvalue weighted by molar-refractivity contribution is 5.85. The summed E-state index contributed by atoms with van der Waals surface area (Å²) in [5.41, 5.74) is -1.29. The van der Waals surface area contributed by atoms with Gasteiger partial charge in [0.05, 0.1) is 21.6 Å². The van der Waals surface area contributed by atoms with E-state index in [1.54, 1.807) is 0 Å². The van der Waals surface area contributed by atoms with E-state index in [1.165, 1.54) is 0 Å². The molecule has 154 valence electrons. The number of halogens is 5. The molecule has 0 aliphatic carbocycles. The summed E-state index contributed by atoms with van der Waals surface area (Å²) in [5, 5.41) is 25.3. The monoisotopic (exact) mass is 420 g/mol. The van der Waals surface area contributed by atoms with Gasteiger partial charge in [0.2, 0.25) is 0 Å². The number of rotatable bonds is 7. The summed E-state index contributed by atoms with van der Waals surface area (Å²) in [6, 6.07) is 4.27. The fourth-order valence-electron chi connectivity index (χ4n) is 2.08. The Morgan fingerprint density at radius 1 is 1.07 bits per heavy atom. The molecule has 9 nitrogen and oxygen atoms in total. The third-order valence-corrected chi connectivity index (χ3v) is 3.33. The number of ether oxygens (including phenoxy) is 1. The van der Waals surface area contributed by atoms with Crippen LogP contribution in [-0.2, 0) is 6.18 Å². The van der Waals surface area contributed by atoms with Crippen LogP contribution in [0.1, 0.15) is 11.1 Å². The zero-order chi connectivity index (χ0) is 21.8. The average molecular weight is 420 g/mol. The molecule has 0 bridgehead atoms.